The molecule has 0 aliphatic rings. The Balaban J connectivity index is 2.18. The zero-order valence-electron chi connectivity index (χ0n) is 11.3. The lowest BCUT2D eigenvalue weighted by Gasteiger charge is -2.07. The van der Waals surface area contributed by atoms with E-state index in [0.717, 1.165) is 0 Å². The average Bonchev–Trinajstić information content (AvgIpc) is 2.43. The third-order valence-electron chi connectivity index (χ3n) is 2.72. The second-order valence-corrected chi connectivity index (χ2v) is 6.36. The van der Waals surface area contributed by atoms with E-state index in [9.17, 15) is 4.79 Å². The number of hydrogen-bond acceptors (Lipinski definition) is 4. The van der Waals surface area contributed by atoms with Crippen molar-refractivity contribution in [3.63, 3.8) is 0 Å². The van der Waals surface area contributed by atoms with Gasteiger partial charge in [-0.3, -0.25) is 4.79 Å². The molecule has 1 aromatic heterocycles. The molecular weight excluding hydrogens is 387 g/mol. The van der Waals surface area contributed by atoms with Crippen LogP contribution in [0.3, 0.4) is 0 Å². The topological polar surface area (TPSA) is 55.0 Å². The number of rotatable bonds is 5. The standard InChI is InChI=1S/C14H15IN2O2S/c1-9-5-3-4-6-11(9)20-8-12-16-10(7-19-2)13(15)14(18)17-12/h3-6H,7-8H2,1-2H3,(H,16,17,18). The lowest BCUT2D eigenvalue weighted by molar-refractivity contribution is 0.180. The number of nitrogens with one attached hydrogen (secondary N) is 1. The van der Waals surface area contributed by atoms with Crippen LogP contribution in [0.1, 0.15) is 17.1 Å². The van der Waals surface area contributed by atoms with Crippen LogP contribution in [0, 0.1) is 10.5 Å². The number of aryl methyl sites for hydroxylation is 1. The molecule has 0 atom stereocenters. The van der Waals surface area contributed by atoms with Crippen molar-refractivity contribution in [1.82, 2.24) is 9.97 Å². The van der Waals surface area contributed by atoms with Gasteiger partial charge in [0.2, 0.25) is 0 Å². The second-order valence-electron chi connectivity index (χ2n) is 4.26. The lowest BCUT2D eigenvalue weighted by Crippen LogP contribution is -2.18. The van der Waals surface area contributed by atoms with E-state index in [4.69, 9.17) is 4.74 Å². The first-order valence-electron chi connectivity index (χ1n) is 6.06. The van der Waals surface area contributed by atoms with Gasteiger partial charge >= 0.3 is 0 Å². The summed E-state index contributed by atoms with van der Waals surface area (Å²) in [6.45, 7) is 2.42. The van der Waals surface area contributed by atoms with Crippen molar-refractivity contribution in [3.05, 3.63) is 55.3 Å². The van der Waals surface area contributed by atoms with Crippen molar-refractivity contribution in [2.75, 3.05) is 7.11 Å². The Morgan fingerprint density at radius 2 is 2.15 bits per heavy atom. The van der Waals surface area contributed by atoms with Gasteiger partial charge < -0.3 is 9.72 Å². The van der Waals surface area contributed by atoms with Gasteiger partial charge in [0.25, 0.3) is 5.56 Å². The van der Waals surface area contributed by atoms with E-state index in [2.05, 4.69) is 29.0 Å². The summed E-state index contributed by atoms with van der Waals surface area (Å²) < 4.78 is 5.67. The summed E-state index contributed by atoms with van der Waals surface area (Å²) in [5, 5.41) is 0. The van der Waals surface area contributed by atoms with E-state index in [1.165, 1.54) is 10.5 Å². The molecule has 1 N–H and O–H groups in total. The van der Waals surface area contributed by atoms with Gasteiger partial charge in [0, 0.05) is 12.0 Å². The molecule has 0 bridgehead atoms. The Morgan fingerprint density at radius 3 is 2.85 bits per heavy atom. The highest BCUT2D eigenvalue weighted by molar-refractivity contribution is 14.1. The molecule has 0 amide bonds. The van der Waals surface area contributed by atoms with Gasteiger partial charge in [0.1, 0.15) is 9.39 Å². The molecule has 0 saturated carbocycles. The number of H-pyrrole nitrogens is 1. The molecule has 0 aliphatic carbocycles. The molecule has 1 heterocycles. The molecule has 0 aliphatic heterocycles. The summed E-state index contributed by atoms with van der Waals surface area (Å²) in [4.78, 5) is 20.3. The molecule has 0 saturated heterocycles. The Kier molecular flexibility index (Phi) is 5.62. The van der Waals surface area contributed by atoms with Gasteiger partial charge in [-0.15, -0.1) is 11.8 Å². The third-order valence-corrected chi connectivity index (χ3v) is 5.02. The average molecular weight is 402 g/mol. The molecular formula is C14H15IN2O2S. The van der Waals surface area contributed by atoms with Crippen LogP contribution in [-0.2, 0) is 17.1 Å². The molecule has 20 heavy (non-hydrogen) atoms. The van der Waals surface area contributed by atoms with Crippen molar-refractivity contribution in [2.24, 2.45) is 0 Å². The highest BCUT2D eigenvalue weighted by Crippen LogP contribution is 2.24. The van der Waals surface area contributed by atoms with E-state index < -0.39 is 0 Å². The quantitative estimate of drug-likeness (QED) is 0.617. The van der Waals surface area contributed by atoms with Gasteiger partial charge in [-0.25, -0.2) is 4.98 Å². The molecule has 1 aromatic carbocycles. The normalized spacial score (nSPS) is 10.8. The zero-order valence-corrected chi connectivity index (χ0v) is 14.2. The molecule has 0 unspecified atom stereocenters. The minimum absolute atomic E-state index is 0.104. The largest absolute Gasteiger partial charge is 0.378 e. The number of methoxy groups -OCH3 is 1. The van der Waals surface area contributed by atoms with Crippen molar-refractivity contribution >= 4 is 34.4 Å². The fourth-order valence-electron chi connectivity index (χ4n) is 1.72. The number of nitrogens with zero attached hydrogens (tertiary/aromatic N) is 1. The molecule has 6 heteroatoms. The number of hydrogen-bond donors (Lipinski definition) is 1. The molecule has 4 nitrogen and oxygen atoms in total. The smallest absolute Gasteiger partial charge is 0.264 e. The van der Waals surface area contributed by atoms with Crippen LogP contribution in [0.25, 0.3) is 0 Å². The summed E-state index contributed by atoms with van der Waals surface area (Å²) in [6, 6.07) is 8.17. The Hall–Kier alpha value is -0.860. The Bertz CT molecular complexity index is 658. The van der Waals surface area contributed by atoms with Crippen molar-refractivity contribution in [1.29, 1.82) is 0 Å². The number of halogens is 1. The van der Waals surface area contributed by atoms with Gasteiger partial charge in [0.15, 0.2) is 0 Å². The molecule has 106 valence electrons. The lowest BCUT2D eigenvalue weighted by atomic mass is 10.2. The van der Waals surface area contributed by atoms with Crippen molar-refractivity contribution in [3.8, 4) is 0 Å². The molecule has 0 radical (unpaired) electrons. The van der Waals surface area contributed by atoms with E-state index in [1.54, 1.807) is 18.9 Å². The van der Waals surface area contributed by atoms with Crippen molar-refractivity contribution < 1.29 is 4.74 Å². The van der Waals surface area contributed by atoms with Gasteiger partial charge in [-0.1, -0.05) is 18.2 Å². The molecule has 0 fully saturated rings. The SMILES string of the molecule is COCc1nc(CSc2ccccc2C)[nH]c(=O)c1I. The Morgan fingerprint density at radius 1 is 1.40 bits per heavy atom. The van der Waals surface area contributed by atoms with Crippen LogP contribution >= 0.6 is 34.4 Å². The van der Waals surface area contributed by atoms with Gasteiger partial charge in [0.05, 0.1) is 18.1 Å². The van der Waals surface area contributed by atoms with Crippen LogP contribution in [-0.4, -0.2) is 17.1 Å². The summed E-state index contributed by atoms with van der Waals surface area (Å²) in [5.41, 5.74) is 1.81. The number of thioether (sulfide) groups is 1. The fraction of sp³-hybridized carbons (Fsp3) is 0.286. The minimum atomic E-state index is -0.104. The maximum atomic E-state index is 11.8. The summed E-state index contributed by atoms with van der Waals surface area (Å²) in [7, 11) is 1.60. The van der Waals surface area contributed by atoms with Crippen LogP contribution in [0.2, 0.25) is 0 Å². The first kappa shape index (κ1) is 15.5. The Labute approximate surface area is 135 Å². The van der Waals surface area contributed by atoms with Crippen LogP contribution in [0.5, 0.6) is 0 Å². The zero-order chi connectivity index (χ0) is 14.5. The minimum Gasteiger partial charge on any atom is -0.378 e. The van der Waals surface area contributed by atoms with E-state index >= 15 is 0 Å². The maximum absolute atomic E-state index is 11.8. The maximum Gasteiger partial charge on any atom is 0.264 e. The van der Waals surface area contributed by atoms with Crippen LogP contribution < -0.4 is 5.56 Å². The number of benzene rings is 1. The van der Waals surface area contributed by atoms with E-state index in [1.807, 2.05) is 34.7 Å². The number of aromatic nitrogens is 2. The fourth-order valence-corrected chi connectivity index (χ4v) is 3.03. The van der Waals surface area contributed by atoms with Crippen LogP contribution in [0.4, 0.5) is 0 Å². The molecule has 2 aromatic rings. The molecule has 0 spiro atoms. The highest BCUT2D eigenvalue weighted by Gasteiger charge is 2.09. The summed E-state index contributed by atoms with van der Waals surface area (Å²) >= 11 is 3.66. The summed E-state index contributed by atoms with van der Waals surface area (Å²) in [5.74, 6) is 1.31. The third kappa shape index (κ3) is 3.83. The van der Waals surface area contributed by atoms with Crippen molar-refractivity contribution in [2.45, 2.75) is 24.2 Å². The van der Waals surface area contributed by atoms with E-state index in [0.29, 0.717) is 27.4 Å². The predicted octanol–water partition coefficient (Wildman–Crippen LogP) is 3.12. The van der Waals surface area contributed by atoms with Crippen LogP contribution in [0.15, 0.2) is 34.0 Å². The summed E-state index contributed by atoms with van der Waals surface area (Å²) in [6.07, 6.45) is 0. The van der Waals surface area contributed by atoms with E-state index in [-0.39, 0.29) is 5.56 Å². The van der Waals surface area contributed by atoms with Gasteiger partial charge in [-0.05, 0) is 41.1 Å². The van der Waals surface area contributed by atoms with Gasteiger partial charge in [-0.2, -0.15) is 0 Å². The monoisotopic (exact) mass is 402 g/mol. The number of ether oxygens (including phenoxy) is 1. The second kappa shape index (κ2) is 7.24. The molecule has 2 rings (SSSR count). The number of aromatic amines is 1. The first-order valence-corrected chi connectivity index (χ1v) is 8.13. The highest BCUT2D eigenvalue weighted by atomic mass is 127. The predicted molar refractivity (Wildman–Crippen MR) is 89.0 cm³/mol. The first-order chi connectivity index (χ1) is 9.61.